The van der Waals surface area contributed by atoms with Crippen LogP contribution in [0.3, 0.4) is 0 Å². The second kappa shape index (κ2) is 5.66. The average molecular weight is 341 g/mol. The Hall–Kier alpha value is -2.20. The summed E-state index contributed by atoms with van der Waals surface area (Å²) in [5, 5.41) is 4.44. The van der Waals surface area contributed by atoms with Crippen LogP contribution in [0.4, 0.5) is 0 Å². The van der Waals surface area contributed by atoms with Crippen LogP contribution in [0, 0.1) is 0 Å². The second-order valence-corrected chi connectivity index (χ2v) is 5.64. The van der Waals surface area contributed by atoms with Crippen LogP contribution in [-0.2, 0) is 0 Å². The van der Waals surface area contributed by atoms with Gasteiger partial charge in [0.2, 0.25) is 5.91 Å². The lowest BCUT2D eigenvalue weighted by Crippen LogP contribution is -2.09. The maximum Gasteiger partial charge on any atom is 0.244 e. The maximum absolute atomic E-state index is 11.9. The number of aromatic nitrogens is 2. The Kier molecular flexibility index (Phi) is 3.71. The standard InChI is InChI=1S/C17H13BrN2O/c1-12(21)20-17(14-8-5-9-15(18)10-14)11-16(19-20)13-6-3-2-4-7-13/h2-11H,1H3. The number of carbonyl (C=O) groups excluding carboxylic acids is 1. The zero-order chi connectivity index (χ0) is 14.8. The first-order chi connectivity index (χ1) is 10.1. The molecule has 0 bridgehead atoms. The molecule has 1 aromatic heterocycles. The van der Waals surface area contributed by atoms with Crippen LogP contribution in [0.15, 0.2) is 65.1 Å². The third-order valence-electron chi connectivity index (χ3n) is 3.20. The molecule has 0 spiro atoms. The molecule has 1 heterocycles. The topological polar surface area (TPSA) is 34.9 Å². The lowest BCUT2D eigenvalue weighted by molar-refractivity contribution is 0.0923. The first-order valence-electron chi connectivity index (χ1n) is 6.57. The molecule has 0 saturated heterocycles. The highest BCUT2D eigenvalue weighted by atomic mass is 79.9. The first kappa shape index (κ1) is 13.8. The fraction of sp³-hybridized carbons (Fsp3) is 0.0588. The monoisotopic (exact) mass is 340 g/mol. The van der Waals surface area contributed by atoms with E-state index in [-0.39, 0.29) is 5.91 Å². The van der Waals surface area contributed by atoms with Crippen LogP contribution in [0.5, 0.6) is 0 Å². The van der Waals surface area contributed by atoms with E-state index in [0.717, 1.165) is 27.0 Å². The molecule has 3 aromatic rings. The largest absolute Gasteiger partial charge is 0.273 e. The predicted molar refractivity (Wildman–Crippen MR) is 87.1 cm³/mol. The maximum atomic E-state index is 11.9. The molecule has 104 valence electrons. The SMILES string of the molecule is CC(=O)n1nc(-c2ccccc2)cc1-c1cccc(Br)c1. The summed E-state index contributed by atoms with van der Waals surface area (Å²) in [5.41, 5.74) is 3.53. The summed E-state index contributed by atoms with van der Waals surface area (Å²) in [7, 11) is 0. The summed E-state index contributed by atoms with van der Waals surface area (Å²) in [6, 6.07) is 19.6. The normalized spacial score (nSPS) is 10.6. The van der Waals surface area contributed by atoms with Crippen LogP contribution in [-0.4, -0.2) is 15.7 Å². The van der Waals surface area contributed by atoms with Gasteiger partial charge in [0.1, 0.15) is 0 Å². The van der Waals surface area contributed by atoms with Crippen LogP contribution < -0.4 is 0 Å². The summed E-state index contributed by atoms with van der Waals surface area (Å²) in [4.78, 5) is 11.9. The molecular formula is C17H13BrN2O. The van der Waals surface area contributed by atoms with E-state index >= 15 is 0 Å². The van der Waals surface area contributed by atoms with Crippen molar-refractivity contribution in [3.63, 3.8) is 0 Å². The van der Waals surface area contributed by atoms with Gasteiger partial charge in [-0.3, -0.25) is 4.79 Å². The van der Waals surface area contributed by atoms with E-state index in [1.165, 1.54) is 11.6 Å². The average Bonchev–Trinajstić information content (AvgIpc) is 2.93. The van der Waals surface area contributed by atoms with Gasteiger partial charge in [-0.2, -0.15) is 9.78 Å². The Morgan fingerprint density at radius 3 is 2.38 bits per heavy atom. The van der Waals surface area contributed by atoms with Gasteiger partial charge in [0, 0.05) is 22.5 Å². The molecule has 0 saturated carbocycles. The van der Waals surface area contributed by atoms with Crippen molar-refractivity contribution in [2.45, 2.75) is 6.92 Å². The summed E-state index contributed by atoms with van der Waals surface area (Å²) in [6.07, 6.45) is 0. The van der Waals surface area contributed by atoms with Crippen LogP contribution in [0.2, 0.25) is 0 Å². The molecule has 3 rings (SSSR count). The number of benzene rings is 2. The van der Waals surface area contributed by atoms with Crippen molar-refractivity contribution in [1.29, 1.82) is 0 Å². The fourth-order valence-corrected chi connectivity index (χ4v) is 2.62. The van der Waals surface area contributed by atoms with Crippen molar-refractivity contribution >= 4 is 21.8 Å². The molecule has 0 aliphatic rings. The Bertz CT molecular complexity index is 794. The number of hydrogen-bond donors (Lipinski definition) is 0. The third kappa shape index (κ3) is 2.81. The van der Waals surface area contributed by atoms with Crippen molar-refractivity contribution in [2.24, 2.45) is 0 Å². The lowest BCUT2D eigenvalue weighted by atomic mass is 10.1. The summed E-state index contributed by atoms with van der Waals surface area (Å²) in [5.74, 6) is -0.104. The van der Waals surface area contributed by atoms with Crippen LogP contribution in [0.25, 0.3) is 22.5 Å². The van der Waals surface area contributed by atoms with E-state index in [9.17, 15) is 4.79 Å². The molecule has 4 heteroatoms. The van der Waals surface area contributed by atoms with E-state index in [4.69, 9.17) is 0 Å². The third-order valence-corrected chi connectivity index (χ3v) is 3.69. The van der Waals surface area contributed by atoms with Gasteiger partial charge >= 0.3 is 0 Å². The van der Waals surface area contributed by atoms with Gasteiger partial charge in [0.05, 0.1) is 11.4 Å². The minimum absolute atomic E-state index is 0.104. The number of rotatable bonds is 2. The van der Waals surface area contributed by atoms with Gasteiger partial charge in [0.15, 0.2) is 0 Å². The zero-order valence-electron chi connectivity index (χ0n) is 11.5. The van der Waals surface area contributed by atoms with Gasteiger partial charge < -0.3 is 0 Å². The number of hydrogen-bond acceptors (Lipinski definition) is 2. The Balaban J connectivity index is 2.16. The van der Waals surface area contributed by atoms with Gasteiger partial charge in [-0.15, -0.1) is 0 Å². The van der Waals surface area contributed by atoms with E-state index in [1.807, 2.05) is 60.7 Å². The molecule has 0 unspecified atom stereocenters. The zero-order valence-corrected chi connectivity index (χ0v) is 13.0. The quantitative estimate of drug-likeness (QED) is 0.681. The fourth-order valence-electron chi connectivity index (χ4n) is 2.22. The molecule has 0 amide bonds. The van der Waals surface area contributed by atoms with Crippen molar-refractivity contribution in [3.8, 4) is 22.5 Å². The minimum atomic E-state index is -0.104. The van der Waals surface area contributed by atoms with Gasteiger partial charge in [-0.1, -0.05) is 58.4 Å². The van der Waals surface area contributed by atoms with Crippen molar-refractivity contribution in [1.82, 2.24) is 9.78 Å². The number of halogens is 1. The van der Waals surface area contributed by atoms with Gasteiger partial charge in [-0.25, -0.2) is 0 Å². The summed E-state index contributed by atoms with van der Waals surface area (Å²) < 4.78 is 2.42. The summed E-state index contributed by atoms with van der Waals surface area (Å²) >= 11 is 3.46. The van der Waals surface area contributed by atoms with E-state index in [2.05, 4.69) is 21.0 Å². The number of carbonyl (C=O) groups is 1. The predicted octanol–water partition coefficient (Wildman–Crippen LogP) is 4.64. The first-order valence-corrected chi connectivity index (χ1v) is 7.37. The highest BCUT2D eigenvalue weighted by molar-refractivity contribution is 9.10. The molecule has 0 fully saturated rings. The molecule has 0 aliphatic carbocycles. The van der Waals surface area contributed by atoms with Gasteiger partial charge in [0.25, 0.3) is 0 Å². The van der Waals surface area contributed by atoms with Crippen LogP contribution >= 0.6 is 15.9 Å². The molecule has 0 atom stereocenters. The van der Waals surface area contributed by atoms with E-state index < -0.39 is 0 Å². The Morgan fingerprint density at radius 2 is 1.71 bits per heavy atom. The summed E-state index contributed by atoms with van der Waals surface area (Å²) in [6.45, 7) is 1.52. The smallest absolute Gasteiger partial charge is 0.244 e. The second-order valence-electron chi connectivity index (χ2n) is 4.72. The highest BCUT2D eigenvalue weighted by Crippen LogP contribution is 2.27. The lowest BCUT2D eigenvalue weighted by Gasteiger charge is -2.03. The number of nitrogens with zero attached hydrogens (tertiary/aromatic N) is 2. The van der Waals surface area contributed by atoms with E-state index in [1.54, 1.807) is 0 Å². The molecule has 3 nitrogen and oxygen atoms in total. The molecule has 0 N–H and O–H groups in total. The van der Waals surface area contributed by atoms with Crippen molar-refractivity contribution in [3.05, 3.63) is 65.1 Å². The Morgan fingerprint density at radius 1 is 1.00 bits per heavy atom. The highest BCUT2D eigenvalue weighted by Gasteiger charge is 2.14. The van der Waals surface area contributed by atoms with Crippen molar-refractivity contribution < 1.29 is 4.79 Å². The molecule has 2 aromatic carbocycles. The molecule has 21 heavy (non-hydrogen) atoms. The molecular weight excluding hydrogens is 328 g/mol. The molecule has 0 radical (unpaired) electrons. The van der Waals surface area contributed by atoms with E-state index in [0.29, 0.717) is 0 Å². The van der Waals surface area contributed by atoms with Gasteiger partial charge in [-0.05, 0) is 18.2 Å². The minimum Gasteiger partial charge on any atom is -0.273 e. The Labute approximate surface area is 131 Å². The van der Waals surface area contributed by atoms with Crippen molar-refractivity contribution in [2.75, 3.05) is 0 Å². The van der Waals surface area contributed by atoms with Crippen LogP contribution in [0.1, 0.15) is 11.7 Å². The molecule has 0 aliphatic heterocycles.